The third kappa shape index (κ3) is 7.01. The van der Waals surface area contributed by atoms with Crippen molar-refractivity contribution in [2.24, 2.45) is 0 Å². The van der Waals surface area contributed by atoms with E-state index in [1.165, 1.54) is 18.2 Å². The molecule has 2 aromatic rings. The van der Waals surface area contributed by atoms with Gasteiger partial charge in [-0.1, -0.05) is 0 Å². The molecule has 3 rings (SSSR count). The highest BCUT2D eigenvalue weighted by Crippen LogP contribution is 2.36. The van der Waals surface area contributed by atoms with Crippen LogP contribution in [0.1, 0.15) is 29.8 Å². The van der Waals surface area contributed by atoms with Crippen LogP contribution in [0.2, 0.25) is 0 Å². The molecule has 1 amide bonds. The average Bonchev–Trinajstić information content (AvgIpc) is 2.84. The van der Waals surface area contributed by atoms with E-state index in [2.05, 4.69) is 5.32 Å². The normalized spacial score (nSPS) is 13.8. The largest absolute Gasteiger partial charge is 0.490 e. The predicted molar refractivity (Wildman–Crippen MR) is 122 cm³/mol. The molecule has 0 unspecified atom stereocenters. The smallest absolute Gasteiger partial charge is 0.416 e. The Hall–Kier alpha value is -3.47. The van der Waals surface area contributed by atoms with Crippen LogP contribution < -0.4 is 19.7 Å². The number of carbonyl (C=O) groups is 2. The average molecular weight is 496 g/mol. The fourth-order valence-electron chi connectivity index (χ4n) is 3.47. The van der Waals surface area contributed by atoms with E-state index in [0.29, 0.717) is 56.7 Å². The number of carbonyl (C=O) groups excluding carboxylic acids is 2. The number of amides is 1. The second-order valence-corrected chi connectivity index (χ2v) is 7.48. The number of morpholine rings is 1. The highest BCUT2D eigenvalue weighted by atomic mass is 19.4. The molecule has 0 spiro atoms. The highest BCUT2D eigenvalue weighted by molar-refractivity contribution is 5.98. The zero-order chi connectivity index (χ0) is 25.4. The third-order valence-corrected chi connectivity index (χ3v) is 5.06. The number of hydrogen-bond acceptors (Lipinski definition) is 7. The zero-order valence-electron chi connectivity index (χ0n) is 19.4. The Morgan fingerprint density at radius 1 is 1.00 bits per heavy atom. The maximum Gasteiger partial charge on any atom is 0.416 e. The molecular formula is C24H27F3N2O6. The van der Waals surface area contributed by atoms with Crippen LogP contribution in [-0.4, -0.2) is 58.0 Å². The number of hydrogen-bond donors (Lipinski definition) is 1. The summed E-state index contributed by atoms with van der Waals surface area (Å²) in [6.45, 7) is 5.42. The maximum absolute atomic E-state index is 13.3. The number of ether oxygens (including phenoxy) is 4. The van der Waals surface area contributed by atoms with E-state index in [0.717, 1.165) is 12.1 Å². The van der Waals surface area contributed by atoms with Crippen LogP contribution in [0, 0.1) is 0 Å². The van der Waals surface area contributed by atoms with Gasteiger partial charge in [-0.25, -0.2) is 4.79 Å². The highest BCUT2D eigenvalue weighted by Gasteiger charge is 2.32. The molecule has 0 aromatic heterocycles. The lowest BCUT2D eigenvalue weighted by atomic mass is 10.1. The lowest BCUT2D eigenvalue weighted by Crippen LogP contribution is -2.37. The van der Waals surface area contributed by atoms with Crippen molar-refractivity contribution < 1.29 is 41.7 Å². The first-order chi connectivity index (χ1) is 16.7. The lowest BCUT2D eigenvalue weighted by Gasteiger charge is -2.31. The molecule has 1 N–H and O–H groups in total. The van der Waals surface area contributed by atoms with Gasteiger partial charge in [-0.15, -0.1) is 0 Å². The van der Waals surface area contributed by atoms with Crippen molar-refractivity contribution in [2.45, 2.75) is 20.0 Å². The molecule has 190 valence electrons. The lowest BCUT2D eigenvalue weighted by molar-refractivity contribution is -0.137. The first kappa shape index (κ1) is 26.1. The molecule has 8 nitrogen and oxygen atoms in total. The second-order valence-electron chi connectivity index (χ2n) is 7.48. The number of nitrogens with zero attached hydrogens (tertiary/aromatic N) is 1. The fraction of sp³-hybridized carbons (Fsp3) is 0.417. The van der Waals surface area contributed by atoms with Crippen molar-refractivity contribution in [3.8, 4) is 11.5 Å². The molecule has 1 fully saturated rings. The first-order valence-corrected chi connectivity index (χ1v) is 11.1. The molecule has 2 aromatic carbocycles. The van der Waals surface area contributed by atoms with E-state index in [1.54, 1.807) is 13.0 Å². The zero-order valence-corrected chi connectivity index (χ0v) is 19.4. The molecule has 11 heteroatoms. The molecule has 1 aliphatic rings. The number of nitrogens with one attached hydrogen (secondary N) is 1. The van der Waals surface area contributed by atoms with Gasteiger partial charge in [-0.3, -0.25) is 4.79 Å². The van der Waals surface area contributed by atoms with Gasteiger partial charge < -0.3 is 29.2 Å². The van der Waals surface area contributed by atoms with Crippen molar-refractivity contribution in [1.82, 2.24) is 0 Å². The summed E-state index contributed by atoms with van der Waals surface area (Å²) in [5.74, 6) is -0.749. The Balaban J connectivity index is 1.70. The molecule has 0 aliphatic carbocycles. The topological polar surface area (TPSA) is 86.3 Å². The number of rotatable bonds is 9. The molecule has 1 saturated heterocycles. The summed E-state index contributed by atoms with van der Waals surface area (Å²) in [4.78, 5) is 26.8. The maximum atomic E-state index is 13.3. The van der Waals surface area contributed by atoms with Crippen molar-refractivity contribution >= 4 is 23.3 Å². The summed E-state index contributed by atoms with van der Waals surface area (Å²) in [6, 6.07) is 7.61. The molecule has 35 heavy (non-hydrogen) atoms. The van der Waals surface area contributed by atoms with E-state index in [1.807, 2.05) is 11.8 Å². The monoisotopic (exact) mass is 496 g/mol. The Morgan fingerprint density at radius 2 is 1.69 bits per heavy atom. The Bertz CT molecular complexity index is 1040. The van der Waals surface area contributed by atoms with Crippen LogP contribution >= 0.6 is 0 Å². The number of benzene rings is 2. The van der Waals surface area contributed by atoms with Crippen LogP contribution in [0.4, 0.5) is 24.5 Å². The summed E-state index contributed by atoms with van der Waals surface area (Å²) in [7, 11) is 0. The minimum Gasteiger partial charge on any atom is -0.490 e. The van der Waals surface area contributed by atoms with Gasteiger partial charge in [0.1, 0.15) is 0 Å². The van der Waals surface area contributed by atoms with Gasteiger partial charge in [-0.2, -0.15) is 13.2 Å². The summed E-state index contributed by atoms with van der Waals surface area (Å²) in [6.07, 6.45) is -4.58. The summed E-state index contributed by atoms with van der Waals surface area (Å²) >= 11 is 0. The standard InChI is InChI=1S/C24H27F3N2O6/c1-3-33-20-8-5-16(13-21(20)34-4-2)23(31)35-15-22(30)28-18-14-17(24(25,26)27)6-7-19(18)29-9-11-32-12-10-29/h5-8,13-14H,3-4,9-12,15H2,1-2H3,(H,28,30). The van der Waals surface area contributed by atoms with Crippen LogP contribution in [0.5, 0.6) is 11.5 Å². The summed E-state index contributed by atoms with van der Waals surface area (Å²) < 4.78 is 61.0. The van der Waals surface area contributed by atoms with Crippen LogP contribution in [0.25, 0.3) is 0 Å². The number of anilines is 2. The van der Waals surface area contributed by atoms with Crippen molar-refractivity contribution in [2.75, 3.05) is 56.3 Å². The van der Waals surface area contributed by atoms with Crippen molar-refractivity contribution in [1.29, 1.82) is 0 Å². The van der Waals surface area contributed by atoms with Gasteiger partial charge in [0.05, 0.1) is 48.9 Å². The minimum absolute atomic E-state index is 0.0255. The minimum atomic E-state index is -4.58. The second kappa shape index (κ2) is 11.8. The first-order valence-electron chi connectivity index (χ1n) is 11.1. The summed E-state index contributed by atoms with van der Waals surface area (Å²) in [5, 5.41) is 2.44. The summed E-state index contributed by atoms with van der Waals surface area (Å²) in [5.41, 5.74) is -0.367. The van der Waals surface area contributed by atoms with Crippen LogP contribution in [-0.2, 0) is 20.4 Å². The third-order valence-electron chi connectivity index (χ3n) is 5.06. The van der Waals surface area contributed by atoms with Crippen molar-refractivity contribution in [3.05, 3.63) is 47.5 Å². The van der Waals surface area contributed by atoms with E-state index >= 15 is 0 Å². The quantitative estimate of drug-likeness (QED) is 0.523. The van der Waals surface area contributed by atoms with Gasteiger partial charge in [-0.05, 0) is 50.2 Å². The predicted octanol–water partition coefficient (Wildman–Crippen LogP) is 4.13. The molecular weight excluding hydrogens is 469 g/mol. The Morgan fingerprint density at radius 3 is 2.34 bits per heavy atom. The molecule has 1 aliphatic heterocycles. The number of alkyl halides is 3. The SMILES string of the molecule is CCOc1ccc(C(=O)OCC(=O)Nc2cc(C(F)(F)F)ccc2N2CCOCC2)cc1OCC. The Labute approximate surface area is 200 Å². The van der Waals surface area contributed by atoms with Crippen LogP contribution in [0.3, 0.4) is 0 Å². The Kier molecular flexibility index (Phi) is 8.80. The fourth-order valence-corrected chi connectivity index (χ4v) is 3.47. The molecule has 1 heterocycles. The number of halogens is 3. The van der Waals surface area contributed by atoms with E-state index in [4.69, 9.17) is 18.9 Å². The molecule has 0 bridgehead atoms. The van der Waals surface area contributed by atoms with E-state index < -0.39 is 30.2 Å². The molecule has 0 saturated carbocycles. The van der Waals surface area contributed by atoms with E-state index in [-0.39, 0.29) is 11.3 Å². The van der Waals surface area contributed by atoms with Gasteiger partial charge in [0.25, 0.3) is 5.91 Å². The number of esters is 1. The molecule has 0 atom stereocenters. The van der Waals surface area contributed by atoms with E-state index in [9.17, 15) is 22.8 Å². The van der Waals surface area contributed by atoms with Gasteiger partial charge >= 0.3 is 12.1 Å². The van der Waals surface area contributed by atoms with Crippen LogP contribution in [0.15, 0.2) is 36.4 Å². The molecule has 0 radical (unpaired) electrons. The van der Waals surface area contributed by atoms with Gasteiger partial charge in [0, 0.05) is 13.1 Å². The van der Waals surface area contributed by atoms with Crippen molar-refractivity contribution in [3.63, 3.8) is 0 Å². The van der Waals surface area contributed by atoms with Gasteiger partial charge in [0.15, 0.2) is 18.1 Å². The van der Waals surface area contributed by atoms with Gasteiger partial charge in [0.2, 0.25) is 0 Å².